The van der Waals surface area contributed by atoms with E-state index in [2.05, 4.69) is 21.8 Å². The summed E-state index contributed by atoms with van der Waals surface area (Å²) in [5.74, 6) is -2.05. The highest BCUT2D eigenvalue weighted by atomic mass is 32.2. The van der Waals surface area contributed by atoms with E-state index in [1.807, 2.05) is 12.2 Å². The fourth-order valence-corrected chi connectivity index (χ4v) is 6.97. The summed E-state index contributed by atoms with van der Waals surface area (Å²) in [6.07, 6.45) is 12.0. The third kappa shape index (κ3) is 6.62. The summed E-state index contributed by atoms with van der Waals surface area (Å²) in [4.78, 5) is 54.5. The number of nitrogens with zero attached hydrogens (tertiary/aromatic N) is 1. The van der Waals surface area contributed by atoms with Gasteiger partial charge in [-0.3, -0.25) is 19.1 Å². The zero-order valence-electron chi connectivity index (χ0n) is 22.6. The molecule has 2 radical (unpaired) electrons. The van der Waals surface area contributed by atoms with Gasteiger partial charge in [0.05, 0.1) is 18.5 Å². The van der Waals surface area contributed by atoms with Crippen LogP contribution in [0.5, 0.6) is 0 Å². The Kier molecular flexibility index (Phi) is 8.69. The quantitative estimate of drug-likeness (QED) is 0.407. The molecule has 5 aliphatic rings. The van der Waals surface area contributed by atoms with E-state index in [9.17, 15) is 27.6 Å². The van der Waals surface area contributed by atoms with Crippen LogP contribution in [-0.2, 0) is 33.9 Å². The standard InChI is InChI=1S/C27H38N4O8S/c32-23-22-9-6-14-31(22)24(33)21(28-26(35)39-19-12-15-38-16-13-19)8-5-3-1-2-4-7-18-17-27(18,29-23)25(34)30-40(36,37)20-10-11-20/h4,7,18-22H,1-3,5,8-17H2,(H,28,35)(H,29,32)(H,30,34)/b7-4-/t18-,21+,22+,27-/m1/s1. The number of carbonyl (C=O) groups excluding carboxylic acids is 4. The van der Waals surface area contributed by atoms with Crippen LogP contribution in [0.15, 0.2) is 12.2 Å². The number of amides is 4. The molecule has 0 aromatic carbocycles. The SMILES string of the molecule is O=C(N[C@H]1CCCCC/C=C\[C@@H]2C[C@@]2(C(=O)NS(=O)(=O)C2CC2)NC(=O)[C@@H]2C[C]CN2C1=O)OC1CCOCC1. The Morgan fingerprint density at radius 3 is 2.62 bits per heavy atom. The number of nitrogens with one attached hydrogen (secondary N) is 3. The van der Waals surface area contributed by atoms with Crippen LogP contribution in [-0.4, -0.2) is 85.9 Å². The van der Waals surface area contributed by atoms with Crippen LogP contribution in [0.4, 0.5) is 4.79 Å². The third-order valence-corrected chi connectivity index (χ3v) is 10.1. The minimum atomic E-state index is -3.80. The first kappa shape index (κ1) is 28.8. The Balaban J connectivity index is 1.31. The number of alkyl carbamates (subject to hydrolysis) is 1. The van der Waals surface area contributed by atoms with Crippen LogP contribution >= 0.6 is 0 Å². The van der Waals surface area contributed by atoms with Crippen molar-refractivity contribution >= 4 is 33.8 Å². The Morgan fingerprint density at radius 2 is 1.88 bits per heavy atom. The zero-order valence-corrected chi connectivity index (χ0v) is 23.4. The topological polar surface area (TPSA) is 160 Å². The van der Waals surface area contributed by atoms with E-state index in [0.29, 0.717) is 51.7 Å². The summed E-state index contributed by atoms with van der Waals surface area (Å²) >= 11 is 0. The van der Waals surface area contributed by atoms with E-state index < -0.39 is 56.7 Å². The van der Waals surface area contributed by atoms with E-state index >= 15 is 0 Å². The van der Waals surface area contributed by atoms with Gasteiger partial charge in [0.1, 0.15) is 23.7 Å². The number of hydrogen-bond donors (Lipinski definition) is 3. The average molecular weight is 579 g/mol. The van der Waals surface area contributed by atoms with Gasteiger partial charge in [-0.15, -0.1) is 0 Å². The molecular weight excluding hydrogens is 540 g/mol. The number of ether oxygens (including phenoxy) is 2. The molecule has 3 N–H and O–H groups in total. The molecule has 12 nitrogen and oxygen atoms in total. The van der Waals surface area contributed by atoms with Gasteiger partial charge in [-0.1, -0.05) is 25.0 Å². The van der Waals surface area contributed by atoms with Gasteiger partial charge < -0.3 is 25.0 Å². The maximum Gasteiger partial charge on any atom is 0.408 e. The smallest absolute Gasteiger partial charge is 0.408 e. The van der Waals surface area contributed by atoms with E-state index in [4.69, 9.17) is 9.47 Å². The molecule has 2 saturated carbocycles. The molecular formula is C27H38N4O8S. The lowest BCUT2D eigenvalue weighted by Crippen LogP contribution is -2.58. The molecule has 0 spiro atoms. The van der Waals surface area contributed by atoms with Crippen molar-refractivity contribution < 1.29 is 37.1 Å². The fraction of sp³-hybridized carbons (Fsp3) is 0.741. The normalized spacial score (nSPS) is 32.9. The minimum Gasteiger partial charge on any atom is -0.446 e. The highest BCUT2D eigenvalue weighted by molar-refractivity contribution is 7.91. The number of fused-ring (bicyclic) bond motifs is 2. The summed E-state index contributed by atoms with van der Waals surface area (Å²) in [6, 6.07) is -1.80. The van der Waals surface area contributed by atoms with Gasteiger partial charge in [0.15, 0.2) is 0 Å². The summed E-state index contributed by atoms with van der Waals surface area (Å²) in [7, 11) is -3.80. The third-order valence-electron chi connectivity index (χ3n) is 8.31. The molecule has 3 heterocycles. The molecule has 4 fully saturated rings. The molecule has 0 bridgehead atoms. The summed E-state index contributed by atoms with van der Waals surface area (Å²) in [6.45, 7) is 1.12. The molecule has 0 aromatic heterocycles. The second-order valence-electron chi connectivity index (χ2n) is 11.4. The Morgan fingerprint density at radius 1 is 1.10 bits per heavy atom. The number of sulfonamides is 1. The second-order valence-corrected chi connectivity index (χ2v) is 13.3. The van der Waals surface area contributed by atoms with E-state index in [1.54, 1.807) is 0 Å². The number of rotatable bonds is 5. The van der Waals surface area contributed by atoms with Crippen LogP contribution in [0, 0.1) is 12.3 Å². The number of allylic oxidation sites excluding steroid dienone is 1. The molecule has 3 aliphatic heterocycles. The molecule has 5 rings (SSSR count). The summed E-state index contributed by atoms with van der Waals surface area (Å²) < 4.78 is 38.0. The van der Waals surface area contributed by atoms with E-state index in [1.165, 1.54) is 4.90 Å². The van der Waals surface area contributed by atoms with E-state index in [-0.39, 0.29) is 31.4 Å². The largest absolute Gasteiger partial charge is 0.446 e. The lowest BCUT2D eigenvalue weighted by Gasteiger charge is -2.30. The van der Waals surface area contributed by atoms with Crippen molar-refractivity contribution in [3.63, 3.8) is 0 Å². The van der Waals surface area contributed by atoms with Gasteiger partial charge >= 0.3 is 6.09 Å². The zero-order chi connectivity index (χ0) is 28.3. The van der Waals surface area contributed by atoms with Gasteiger partial charge in [0, 0.05) is 31.7 Å². The fourth-order valence-electron chi connectivity index (χ4n) is 5.60. The first-order chi connectivity index (χ1) is 19.2. The lowest BCUT2D eigenvalue weighted by atomic mass is 10.0. The van der Waals surface area contributed by atoms with E-state index in [0.717, 1.165) is 19.3 Å². The lowest BCUT2D eigenvalue weighted by molar-refractivity contribution is -0.141. The van der Waals surface area contributed by atoms with Crippen LogP contribution in [0.2, 0.25) is 0 Å². The van der Waals surface area contributed by atoms with Crippen LogP contribution < -0.4 is 15.4 Å². The molecule has 40 heavy (non-hydrogen) atoms. The molecule has 2 aliphatic carbocycles. The van der Waals surface area contributed by atoms with Crippen molar-refractivity contribution in [1.82, 2.24) is 20.3 Å². The molecule has 0 aromatic rings. The highest BCUT2D eigenvalue weighted by Crippen LogP contribution is 2.46. The molecule has 4 amide bonds. The molecule has 2 saturated heterocycles. The van der Waals surface area contributed by atoms with Crippen molar-refractivity contribution in [3.05, 3.63) is 18.6 Å². The Labute approximate surface area is 235 Å². The van der Waals surface area contributed by atoms with Gasteiger partial charge in [-0.05, 0) is 44.9 Å². The summed E-state index contributed by atoms with van der Waals surface area (Å²) in [5.41, 5.74) is -1.39. The van der Waals surface area contributed by atoms with Crippen molar-refractivity contribution in [2.24, 2.45) is 5.92 Å². The minimum absolute atomic E-state index is 0.0999. The first-order valence-electron chi connectivity index (χ1n) is 14.3. The maximum absolute atomic E-state index is 13.7. The monoisotopic (exact) mass is 578 g/mol. The maximum atomic E-state index is 13.7. The highest BCUT2D eigenvalue weighted by Gasteiger charge is 2.61. The Hall–Kier alpha value is -2.67. The first-order valence-corrected chi connectivity index (χ1v) is 15.8. The van der Waals surface area contributed by atoms with Crippen LogP contribution in [0.1, 0.15) is 70.6 Å². The van der Waals surface area contributed by atoms with Gasteiger partial charge in [-0.2, -0.15) is 0 Å². The van der Waals surface area contributed by atoms with Crippen molar-refractivity contribution in [1.29, 1.82) is 0 Å². The number of hydrogen-bond acceptors (Lipinski definition) is 8. The average Bonchev–Trinajstić information content (AvgIpc) is 3.84. The molecule has 0 unspecified atom stereocenters. The van der Waals surface area contributed by atoms with Gasteiger partial charge in [-0.25, -0.2) is 13.2 Å². The van der Waals surface area contributed by atoms with Gasteiger partial charge in [0.2, 0.25) is 21.8 Å². The predicted octanol–water partition coefficient (Wildman–Crippen LogP) is 0.946. The molecule has 4 atom stereocenters. The second kappa shape index (κ2) is 12.1. The van der Waals surface area contributed by atoms with Crippen molar-refractivity contribution in [2.75, 3.05) is 19.8 Å². The van der Waals surface area contributed by atoms with Crippen LogP contribution in [0.3, 0.4) is 0 Å². The Bertz CT molecular complexity index is 1130. The number of carbonyl (C=O) groups is 4. The molecule has 13 heteroatoms. The van der Waals surface area contributed by atoms with Gasteiger partial charge in [0.25, 0.3) is 5.91 Å². The van der Waals surface area contributed by atoms with Crippen molar-refractivity contribution in [3.8, 4) is 0 Å². The predicted molar refractivity (Wildman–Crippen MR) is 142 cm³/mol. The molecule has 220 valence electrons. The summed E-state index contributed by atoms with van der Waals surface area (Å²) in [5, 5.41) is 4.94. The van der Waals surface area contributed by atoms with Crippen LogP contribution in [0.25, 0.3) is 0 Å². The van der Waals surface area contributed by atoms with Crippen molar-refractivity contribution in [2.45, 2.75) is 99.6 Å².